The van der Waals surface area contributed by atoms with E-state index in [4.69, 9.17) is 5.73 Å². The molecule has 2 aromatic heterocycles. The highest BCUT2D eigenvalue weighted by atomic mass is 15.2. The Morgan fingerprint density at radius 2 is 2.05 bits per heavy atom. The predicted octanol–water partition coefficient (Wildman–Crippen LogP) is 2.40. The van der Waals surface area contributed by atoms with Gasteiger partial charge < -0.3 is 5.73 Å². The van der Waals surface area contributed by atoms with Crippen molar-refractivity contribution in [2.75, 3.05) is 0 Å². The first kappa shape index (κ1) is 11.9. The lowest BCUT2D eigenvalue weighted by atomic mass is 9.99. The van der Waals surface area contributed by atoms with Crippen molar-refractivity contribution in [2.45, 2.75) is 13.5 Å². The molecular formula is C15H16N4. The summed E-state index contributed by atoms with van der Waals surface area (Å²) in [7, 11) is 1.91. The molecule has 0 aliphatic carbocycles. The number of benzene rings is 1. The lowest BCUT2D eigenvalue weighted by Crippen LogP contribution is -2.01. The highest BCUT2D eigenvalue weighted by Crippen LogP contribution is 2.29. The lowest BCUT2D eigenvalue weighted by Gasteiger charge is -2.09. The zero-order valence-corrected chi connectivity index (χ0v) is 11.1. The van der Waals surface area contributed by atoms with Gasteiger partial charge in [-0.25, -0.2) is 0 Å². The summed E-state index contributed by atoms with van der Waals surface area (Å²) < 4.78 is 1.80. The minimum Gasteiger partial charge on any atom is -0.325 e. The maximum Gasteiger partial charge on any atom is 0.0618 e. The molecule has 3 rings (SSSR count). The summed E-state index contributed by atoms with van der Waals surface area (Å²) >= 11 is 0. The van der Waals surface area contributed by atoms with Gasteiger partial charge in [-0.2, -0.15) is 5.10 Å². The number of hydrogen-bond acceptors (Lipinski definition) is 3. The molecule has 0 spiro atoms. The molecule has 0 saturated heterocycles. The number of aromatic nitrogens is 3. The Morgan fingerprint density at radius 1 is 1.21 bits per heavy atom. The minimum atomic E-state index is 0.452. The second-order valence-corrected chi connectivity index (χ2v) is 4.77. The zero-order valence-electron chi connectivity index (χ0n) is 11.1. The third-order valence-corrected chi connectivity index (χ3v) is 3.33. The third kappa shape index (κ3) is 2.00. The third-order valence-electron chi connectivity index (χ3n) is 3.33. The molecule has 96 valence electrons. The van der Waals surface area contributed by atoms with Gasteiger partial charge in [0, 0.05) is 42.5 Å². The molecule has 0 amide bonds. The normalized spacial score (nSPS) is 11.1. The summed E-state index contributed by atoms with van der Waals surface area (Å²) in [5, 5.41) is 6.53. The van der Waals surface area contributed by atoms with Crippen LogP contribution in [0.15, 0.2) is 36.8 Å². The largest absolute Gasteiger partial charge is 0.325 e. The van der Waals surface area contributed by atoms with E-state index in [9.17, 15) is 0 Å². The van der Waals surface area contributed by atoms with E-state index in [1.165, 1.54) is 10.9 Å². The van der Waals surface area contributed by atoms with Gasteiger partial charge in [0.05, 0.1) is 11.9 Å². The molecule has 0 fully saturated rings. The first-order valence-electron chi connectivity index (χ1n) is 6.26. The highest BCUT2D eigenvalue weighted by molar-refractivity contribution is 5.97. The number of aryl methyl sites for hydroxylation is 2. The van der Waals surface area contributed by atoms with Gasteiger partial charge in [-0.15, -0.1) is 0 Å². The van der Waals surface area contributed by atoms with Crippen LogP contribution in [0.3, 0.4) is 0 Å². The first-order valence-corrected chi connectivity index (χ1v) is 6.26. The van der Waals surface area contributed by atoms with Crippen molar-refractivity contribution in [1.82, 2.24) is 14.8 Å². The van der Waals surface area contributed by atoms with E-state index in [1.54, 1.807) is 4.68 Å². The summed E-state index contributed by atoms with van der Waals surface area (Å²) in [6, 6.07) is 6.39. The van der Waals surface area contributed by atoms with Gasteiger partial charge in [-0.1, -0.05) is 17.7 Å². The molecule has 0 aliphatic heterocycles. The van der Waals surface area contributed by atoms with Crippen molar-refractivity contribution in [3.8, 4) is 11.1 Å². The van der Waals surface area contributed by atoms with Gasteiger partial charge >= 0.3 is 0 Å². The van der Waals surface area contributed by atoms with Crippen LogP contribution in [-0.4, -0.2) is 14.8 Å². The van der Waals surface area contributed by atoms with Crippen LogP contribution < -0.4 is 5.73 Å². The van der Waals surface area contributed by atoms with Gasteiger partial charge in [0.1, 0.15) is 0 Å². The average Bonchev–Trinajstić information content (AvgIpc) is 2.83. The van der Waals surface area contributed by atoms with E-state index < -0.39 is 0 Å². The van der Waals surface area contributed by atoms with Gasteiger partial charge in [0.15, 0.2) is 0 Å². The fourth-order valence-corrected chi connectivity index (χ4v) is 2.37. The van der Waals surface area contributed by atoms with Crippen molar-refractivity contribution in [1.29, 1.82) is 0 Å². The topological polar surface area (TPSA) is 56.7 Å². The van der Waals surface area contributed by atoms with E-state index >= 15 is 0 Å². The standard InChI is InChI=1S/C15H16N4/c1-10-3-4-12-13(5-10)15(6-16)17-8-14(12)11-7-18-19(2)9-11/h3-5,7-9H,6,16H2,1-2H3. The number of nitrogens with two attached hydrogens (primary N) is 1. The summed E-state index contributed by atoms with van der Waals surface area (Å²) in [6.45, 7) is 2.53. The van der Waals surface area contributed by atoms with Gasteiger partial charge in [-0.3, -0.25) is 9.67 Å². The van der Waals surface area contributed by atoms with E-state index in [1.807, 2.05) is 25.6 Å². The monoisotopic (exact) mass is 252 g/mol. The van der Waals surface area contributed by atoms with E-state index in [-0.39, 0.29) is 0 Å². The SMILES string of the molecule is Cc1ccc2c(-c3cnn(C)c3)cnc(CN)c2c1. The van der Waals surface area contributed by atoms with Crippen LogP contribution >= 0.6 is 0 Å². The summed E-state index contributed by atoms with van der Waals surface area (Å²) in [6.07, 6.45) is 5.74. The van der Waals surface area contributed by atoms with Gasteiger partial charge in [0.25, 0.3) is 0 Å². The van der Waals surface area contributed by atoms with Gasteiger partial charge in [0.2, 0.25) is 0 Å². The van der Waals surface area contributed by atoms with Gasteiger partial charge in [-0.05, 0) is 18.4 Å². The first-order chi connectivity index (χ1) is 9.19. The molecule has 0 bridgehead atoms. The molecule has 0 saturated carbocycles. The van der Waals surface area contributed by atoms with Crippen LogP contribution in [0.5, 0.6) is 0 Å². The van der Waals surface area contributed by atoms with Crippen molar-refractivity contribution in [3.63, 3.8) is 0 Å². The fourth-order valence-electron chi connectivity index (χ4n) is 2.37. The summed E-state index contributed by atoms with van der Waals surface area (Å²) in [5.41, 5.74) is 10.1. The Kier molecular flexibility index (Phi) is 2.80. The Bertz CT molecular complexity index is 743. The van der Waals surface area contributed by atoms with Crippen LogP contribution in [0.25, 0.3) is 21.9 Å². The fraction of sp³-hybridized carbons (Fsp3) is 0.200. The van der Waals surface area contributed by atoms with Crippen molar-refractivity contribution < 1.29 is 0 Å². The number of hydrogen-bond donors (Lipinski definition) is 1. The number of nitrogens with zero attached hydrogens (tertiary/aromatic N) is 3. The molecular weight excluding hydrogens is 236 g/mol. The average molecular weight is 252 g/mol. The molecule has 4 heteroatoms. The van der Waals surface area contributed by atoms with Crippen LogP contribution in [0.1, 0.15) is 11.3 Å². The maximum atomic E-state index is 5.78. The smallest absolute Gasteiger partial charge is 0.0618 e. The Hall–Kier alpha value is -2.20. The molecule has 0 radical (unpaired) electrons. The zero-order chi connectivity index (χ0) is 13.4. The molecule has 19 heavy (non-hydrogen) atoms. The quantitative estimate of drug-likeness (QED) is 0.762. The number of fused-ring (bicyclic) bond motifs is 1. The second kappa shape index (κ2) is 4.48. The van der Waals surface area contributed by atoms with E-state index in [2.05, 4.69) is 35.2 Å². The second-order valence-electron chi connectivity index (χ2n) is 4.77. The van der Waals surface area contributed by atoms with Crippen LogP contribution in [0, 0.1) is 6.92 Å². The molecule has 0 atom stereocenters. The van der Waals surface area contributed by atoms with E-state index in [0.717, 1.165) is 22.2 Å². The van der Waals surface area contributed by atoms with Crippen LogP contribution in [0.2, 0.25) is 0 Å². The van der Waals surface area contributed by atoms with Crippen molar-refractivity contribution >= 4 is 10.8 Å². The van der Waals surface area contributed by atoms with Crippen molar-refractivity contribution in [3.05, 3.63) is 48.0 Å². The molecule has 0 unspecified atom stereocenters. The number of pyridine rings is 1. The molecule has 0 aliphatic rings. The molecule has 2 heterocycles. The van der Waals surface area contributed by atoms with Crippen LogP contribution in [-0.2, 0) is 13.6 Å². The summed E-state index contributed by atoms with van der Waals surface area (Å²) in [5.74, 6) is 0. The Labute approximate surface area is 111 Å². The predicted molar refractivity (Wildman–Crippen MR) is 76.6 cm³/mol. The maximum absolute atomic E-state index is 5.78. The van der Waals surface area contributed by atoms with Crippen LogP contribution in [0.4, 0.5) is 0 Å². The Balaban J connectivity index is 2.32. The Morgan fingerprint density at radius 3 is 2.74 bits per heavy atom. The lowest BCUT2D eigenvalue weighted by molar-refractivity contribution is 0.768. The minimum absolute atomic E-state index is 0.452. The number of rotatable bonds is 2. The highest BCUT2D eigenvalue weighted by Gasteiger charge is 2.09. The molecule has 2 N–H and O–H groups in total. The van der Waals surface area contributed by atoms with E-state index in [0.29, 0.717) is 6.54 Å². The molecule has 1 aromatic carbocycles. The molecule has 3 aromatic rings. The molecule has 4 nitrogen and oxygen atoms in total. The summed E-state index contributed by atoms with van der Waals surface area (Å²) in [4.78, 5) is 4.49. The van der Waals surface area contributed by atoms with Crippen molar-refractivity contribution in [2.24, 2.45) is 12.8 Å².